The number of nitrogens with zero attached hydrogens (tertiary/aromatic N) is 1. The first-order valence-electron chi connectivity index (χ1n) is 5.60. The van der Waals surface area contributed by atoms with Crippen molar-refractivity contribution in [2.24, 2.45) is 0 Å². The predicted molar refractivity (Wildman–Crippen MR) is 68.0 cm³/mol. The third kappa shape index (κ3) is 2.91. The summed E-state index contributed by atoms with van der Waals surface area (Å²) in [6.45, 7) is 2.09. The number of carbonyl (C=O) groups is 1. The summed E-state index contributed by atoms with van der Waals surface area (Å²) in [5.41, 5.74) is 2.65. The van der Waals surface area contributed by atoms with Crippen LogP contribution >= 0.6 is 0 Å². The van der Waals surface area contributed by atoms with E-state index in [0.717, 1.165) is 12.1 Å². The second kappa shape index (κ2) is 5.25. The van der Waals surface area contributed by atoms with Crippen molar-refractivity contribution in [1.29, 1.82) is 0 Å². The fraction of sp³-hybridized carbons (Fsp3) is 0.143. The SMILES string of the molecule is CCc1ccc(C(=O)Nc2ccncc2)cc1. The van der Waals surface area contributed by atoms with Crippen molar-refractivity contribution in [1.82, 2.24) is 4.98 Å². The molecule has 0 atom stereocenters. The van der Waals surface area contributed by atoms with Gasteiger partial charge in [0.25, 0.3) is 5.91 Å². The summed E-state index contributed by atoms with van der Waals surface area (Å²) in [6.07, 6.45) is 4.28. The van der Waals surface area contributed by atoms with Gasteiger partial charge in [-0.05, 0) is 36.2 Å². The lowest BCUT2D eigenvalue weighted by molar-refractivity contribution is 0.102. The quantitative estimate of drug-likeness (QED) is 0.874. The van der Waals surface area contributed by atoms with Gasteiger partial charge in [-0.25, -0.2) is 0 Å². The topological polar surface area (TPSA) is 42.0 Å². The third-order valence-corrected chi connectivity index (χ3v) is 2.56. The molecule has 0 saturated heterocycles. The molecule has 1 aromatic carbocycles. The van der Waals surface area contributed by atoms with Crippen LogP contribution in [0.3, 0.4) is 0 Å². The summed E-state index contributed by atoms with van der Waals surface area (Å²) >= 11 is 0. The van der Waals surface area contributed by atoms with E-state index in [2.05, 4.69) is 17.2 Å². The number of amides is 1. The maximum absolute atomic E-state index is 11.9. The summed E-state index contributed by atoms with van der Waals surface area (Å²) < 4.78 is 0. The maximum Gasteiger partial charge on any atom is 0.255 e. The van der Waals surface area contributed by atoms with E-state index in [1.165, 1.54) is 5.56 Å². The number of benzene rings is 1. The predicted octanol–water partition coefficient (Wildman–Crippen LogP) is 2.90. The molecule has 0 aliphatic carbocycles. The number of hydrogen-bond donors (Lipinski definition) is 1. The summed E-state index contributed by atoms with van der Waals surface area (Å²) in [5.74, 6) is -0.0983. The van der Waals surface area contributed by atoms with E-state index in [-0.39, 0.29) is 5.91 Å². The molecule has 2 aromatic rings. The Kier molecular flexibility index (Phi) is 3.50. The molecule has 86 valence electrons. The first-order valence-corrected chi connectivity index (χ1v) is 5.60. The Hall–Kier alpha value is -2.16. The van der Waals surface area contributed by atoms with Gasteiger partial charge in [0.1, 0.15) is 0 Å². The third-order valence-electron chi connectivity index (χ3n) is 2.56. The van der Waals surface area contributed by atoms with Gasteiger partial charge in [0.15, 0.2) is 0 Å². The number of pyridine rings is 1. The molecule has 0 radical (unpaired) electrons. The fourth-order valence-corrected chi connectivity index (χ4v) is 1.53. The Balaban J connectivity index is 2.09. The van der Waals surface area contributed by atoms with Crippen molar-refractivity contribution >= 4 is 11.6 Å². The van der Waals surface area contributed by atoms with Crippen LogP contribution < -0.4 is 5.32 Å². The molecule has 17 heavy (non-hydrogen) atoms. The van der Waals surface area contributed by atoms with Gasteiger partial charge in [0.05, 0.1) is 0 Å². The molecule has 0 aliphatic rings. The highest BCUT2D eigenvalue weighted by Crippen LogP contribution is 2.09. The van der Waals surface area contributed by atoms with Crippen LogP contribution in [0.2, 0.25) is 0 Å². The van der Waals surface area contributed by atoms with Gasteiger partial charge in [-0.15, -0.1) is 0 Å². The first-order chi connectivity index (χ1) is 8.29. The summed E-state index contributed by atoms with van der Waals surface area (Å²) in [4.78, 5) is 15.8. The summed E-state index contributed by atoms with van der Waals surface area (Å²) in [5, 5.41) is 2.82. The lowest BCUT2D eigenvalue weighted by Gasteiger charge is -2.05. The van der Waals surface area contributed by atoms with Gasteiger partial charge in [-0.2, -0.15) is 0 Å². The van der Waals surface area contributed by atoms with Gasteiger partial charge < -0.3 is 5.32 Å². The number of carbonyl (C=O) groups excluding carboxylic acids is 1. The standard InChI is InChI=1S/C14H14N2O/c1-2-11-3-5-12(6-4-11)14(17)16-13-7-9-15-10-8-13/h3-10H,2H2,1H3,(H,15,16,17). The van der Waals surface area contributed by atoms with E-state index in [9.17, 15) is 4.79 Å². The average molecular weight is 226 g/mol. The van der Waals surface area contributed by atoms with Gasteiger partial charge in [-0.1, -0.05) is 19.1 Å². The van der Waals surface area contributed by atoms with Crippen LogP contribution in [0.25, 0.3) is 0 Å². The zero-order chi connectivity index (χ0) is 12.1. The number of nitrogens with one attached hydrogen (secondary N) is 1. The molecule has 1 amide bonds. The molecule has 0 spiro atoms. The number of aromatic nitrogens is 1. The Labute approximate surface area is 101 Å². The monoisotopic (exact) mass is 226 g/mol. The van der Waals surface area contributed by atoms with E-state index in [1.54, 1.807) is 24.5 Å². The van der Waals surface area contributed by atoms with Crippen molar-refractivity contribution in [3.63, 3.8) is 0 Å². The lowest BCUT2D eigenvalue weighted by Crippen LogP contribution is -2.11. The summed E-state index contributed by atoms with van der Waals surface area (Å²) in [6, 6.07) is 11.2. The number of aryl methyl sites for hydroxylation is 1. The molecule has 1 aromatic heterocycles. The molecule has 0 bridgehead atoms. The van der Waals surface area contributed by atoms with E-state index in [1.807, 2.05) is 24.3 Å². The second-order valence-corrected chi connectivity index (χ2v) is 3.74. The minimum absolute atomic E-state index is 0.0983. The first kappa shape index (κ1) is 11.3. The van der Waals surface area contributed by atoms with E-state index < -0.39 is 0 Å². The molecule has 1 heterocycles. The molecule has 0 unspecified atom stereocenters. The van der Waals surface area contributed by atoms with Crippen LogP contribution in [0.5, 0.6) is 0 Å². The van der Waals surface area contributed by atoms with Crippen LogP contribution in [0.1, 0.15) is 22.8 Å². The van der Waals surface area contributed by atoms with Crippen molar-refractivity contribution in [3.8, 4) is 0 Å². The van der Waals surface area contributed by atoms with Crippen LogP contribution in [0, 0.1) is 0 Å². The number of rotatable bonds is 3. The Morgan fingerprint density at radius 2 is 1.76 bits per heavy atom. The number of hydrogen-bond acceptors (Lipinski definition) is 2. The highest BCUT2D eigenvalue weighted by molar-refractivity contribution is 6.04. The largest absolute Gasteiger partial charge is 0.322 e. The summed E-state index contributed by atoms with van der Waals surface area (Å²) in [7, 11) is 0. The van der Waals surface area contributed by atoms with Crippen molar-refractivity contribution in [2.75, 3.05) is 5.32 Å². The molecular weight excluding hydrogens is 212 g/mol. The lowest BCUT2D eigenvalue weighted by atomic mass is 10.1. The molecule has 1 N–H and O–H groups in total. The Morgan fingerprint density at radius 3 is 2.35 bits per heavy atom. The molecule has 0 fully saturated rings. The maximum atomic E-state index is 11.9. The van der Waals surface area contributed by atoms with Crippen LogP contribution in [-0.4, -0.2) is 10.9 Å². The van der Waals surface area contributed by atoms with Crippen molar-refractivity contribution in [2.45, 2.75) is 13.3 Å². The van der Waals surface area contributed by atoms with Crippen LogP contribution in [0.15, 0.2) is 48.8 Å². The van der Waals surface area contributed by atoms with Crippen molar-refractivity contribution < 1.29 is 4.79 Å². The second-order valence-electron chi connectivity index (χ2n) is 3.74. The normalized spacial score (nSPS) is 9.94. The van der Waals surface area contributed by atoms with E-state index in [4.69, 9.17) is 0 Å². The Bertz CT molecular complexity index is 491. The van der Waals surface area contributed by atoms with Gasteiger partial charge >= 0.3 is 0 Å². The van der Waals surface area contributed by atoms with E-state index >= 15 is 0 Å². The molecule has 2 rings (SSSR count). The zero-order valence-electron chi connectivity index (χ0n) is 9.68. The Morgan fingerprint density at radius 1 is 1.12 bits per heavy atom. The molecule has 3 heteroatoms. The minimum atomic E-state index is -0.0983. The molecule has 0 saturated carbocycles. The molecule has 0 aliphatic heterocycles. The number of anilines is 1. The van der Waals surface area contributed by atoms with Gasteiger partial charge in [0, 0.05) is 23.6 Å². The van der Waals surface area contributed by atoms with Gasteiger partial charge in [-0.3, -0.25) is 9.78 Å². The highest BCUT2D eigenvalue weighted by Gasteiger charge is 2.05. The molecular formula is C14H14N2O. The average Bonchev–Trinajstić information content (AvgIpc) is 2.40. The van der Waals surface area contributed by atoms with Crippen molar-refractivity contribution in [3.05, 3.63) is 59.9 Å². The highest BCUT2D eigenvalue weighted by atomic mass is 16.1. The minimum Gasteiger partial charge on any atom is -0.322 e. The smallest absolute Gasteiger partial charge is 0.255 e. The van der Waals surface area contributed by atoms with E-state index in [0.29, 0.717) is 5.56 Å². The fourth-order valence-electron chi connectivity index (χ4n) is 1.53. The molecule has 3 nitrogen and oxygen atoms in total. The van der Waals surface area contributed by atoms with Crippen LogP contribution in [-0.2, 0) is 6.42 Å². The van der Waals surface area contributed by atoms with Crippen LogP contribution in [0.4, 0.5) is 5.69 Å². The van der Waals surface area contributed by atoms with Gasteiger partial charge in [0.2, 0.25) is 0 Å². The zero-order valence-corrected chi connectivity index (χ0v) is 9.68.